The fourth-order valence-corrected chi connectivity index (χ4v) is 2.35. The largest absolute Gasteiger partial charge is 0.493 e. The maximum absolute atomic E-state index is 6.02. The highest BCUT2D eigenvalue weighted by Crippen LogP contribution is 2.29. The molecule has 3 rings (SSSR count). The third-order valence-corrected chi connectivity index (χ3v) is 3.18. The summed E-state index contributed by atoms with van der Waals surface area (Å²) in [5.74, 6) is 1.57. The van der Waals surface area contributed by atoms with Gasteiger partial charge < -0.3 is 9.47 Å². The van der Waals surface area contributed by atoms with Gasteiger partial charge in [0.15, 0.2) is 5.82 Å². The summed E-state index contributed by atoms with van der Waals surface area (Å²) in [6, 6.07) is 7.68. The minimum absolute atomic E-state index is 0.420. The first kappa shape index (κ1) is 12.4. The average Bonchev–Trinajstić information content (AvgIpc) is 2.85. The number of hydrogen-bond acceptors (Lipinski definition) is 4. The Bertz CT molecular complexity index is 616. The van der Waals surface area contributed by atoms with Crippen LogP contribution >= 0.6 is 11.6 Å². The van der Waals surface area contributed by atoms with E-state index in [1.54, 1.807) is 13.2 Å². The molecular weight excluding hydrogens is 264 g/mol. The summed E-state index contributed by atoms with van der Waals surface area (Å²) in [6.45, 7) is 1.16. The molecule has 0 atom stereocenters. The molecule has 0 aliphatic carbocycles. The van der Waals surface area contributed by atoms with Gasteiger partial charge in [-0.1, -0.05) is 11.6 Å². The summed E-state index contributed by atoms with van der Waals surface area (Å²) in [6.07, 6.45) is 0.925. The lowest BCUT2D eigenvalue weighted by molar-refractivity contribution is 0.181. The topological polar surface area (TPSA) is 44.2 Å². The zero-order chi connectivity index (χ0) is 13.2. The molecule has 4 nitrogen and oxygen atoms in total. The summed E-state index contributed by atoms with van der Waals surface area (Å²) in [5, 5.41) is 0.425. The Morgan fingerprint density at radius 3 is 3.05 bits per heavy atom. The molecule has 5 heteroatoms. The number of halogens is 1. The van der Waals surface area contributed by atoms with Crippen molar-refractivity contribution in [1.29, 1.82) is 0 Å². The Morgan fingerprint density at radius 2 is 2.21 bits per heavy atom. The van der Waals surface area contributed by atoms with Crippen LogP contribution in [-0.2, 0) is 17.8 Å². The lowest BCUT2D eigenvalue weighted by Gasteiger charge is -2.06. The molecule has 0 N–H and O–H groups in total. The van der Waals surface area contributed by atoms with Crippen molar-refractivity contribution in [3.8, 4) is 17.1 Å². The zero-order valence-corrected chi connectivity index (χ0v) is 11.3. The predicted octanol–water partition coefficient (Wildman–Crippen LogP) is 2.88. The molecule has 0 unspecified atom stereocenters. The first-order chi connectivity index (χ1) is 9.26. The third kappa shape index (κ3) is 2.55. The summed E-state index contributed by atoms with van der Waals surface area (Å²) in [7, 11) is 1.63. The number of hydrogen-bond donors (Lipinski definition) is 0. The lowest BCUT2D eigenvalue weighted by Crippen LogP contribution is -1.98. The Kier molecular flexibility index (Phi) is 3.36. The highest BCUT2D eigenvalue weighted by Gasteiger charge is 2.14. The van der Waals surface area contributed by atoms with E-state index < -0.39 is 0 Å². The molecule has 0 bridgehead atoms. The van der Waals surface area contributed by atoms with Crippen LogP contribution in [0.2, 0.25) is 5.15 Å². The normalized spacial score (nSPS) is 13.2. The van der Waals surface area contributed by atoms with E-state index in [4.69, 9.17) is 21.1 Å². The van der Waals surface area contributed by atoms with Crippen LogP contribution in [0.4, 0.5) is 0 Å². The summed E-state index contributed by atoms with van der Waals surface area (Å²) >= 11 is 6.02. The SMILES string of the molecule is COCc1cc(Cl)nc(-c2ccc3c(c2)CCO3)n1. The monoisotopic (exact) mass is 276 g/mol. The van der Waals surface area contributed by atoms with Crippen LogP contribution in [0, 0.1) is 0 Å². The van der Waals surface area contributed by atoms with Gasteiger partial charge >= 0.3 is 0 Å². The summed E-state index contributed by atoms with van der Waals surface area (Å²) < 4.78 is 10.6. The van der Waals surface area contributed by atoms with Gasteiger partial charge in [-0.05, 0) is 29.8 Å². The summed E-state index contributed by atoms with van der Waals surface area (Å²) in [4.78, 5) is 8.73. The second-order valence-electron chi connectivity index (χ2n) is 4.36. The molecule has 1 aliphatic rings. The van der Waals surface area contributed by atoms with E-state index in [9.17, 15) is 0 Å². The first-order valence-electron chi connectivity index (χ1n) is 6.05. The minimum Gasteiger partial charge on any atom is -0.493 e. The van der Waals surface area contributed by atoms with Gasteiger partial charge in [-0.25, -0.2) is 9.97 Å². The molecule has 98 valence electrons. The van der Waals surface area contributed by atoms with E-state index in [0.717, 1.165) is 30.0 Å². The maximum atomic E-state index is 6.02. The van der Waals surface area contributed by atoms with Crippen molar-refractivity contribution < 1.29 is 9.47 Å². The zero-order valence-electron chi connectivity index (χ0n) is 10.5. The van der Waals surface area contributed by atoms with E-state index in [-0.39, 0.29) is 0 Å². The van der Waals surface area contributed by atoms with Crippen LogP contribution in [-0.4, -0.2) is 23.7 Å². The number of ether oxygens (including phenoxy) is 2. The summed E-state index contributed by atoms with van der Waals surface area (Å²) in [5.41, 5.74) is 2.91. The van der Waals surface area contributed by atoms with Gasteiger partial charge in [0, 0.05) is 19.1 Å². The van der Waals surface area contributed by atoms with Gasteiger partial charge in [0.05, 0.1) is 18.9 Å². The standard InChI is InChI=1S/C14H13ClN2O2/c1-18-8-11-7-13(15)17-14(16-11)10-2-3-12-9(6-10)4-5-19-12/h2-3,6-7H,4-5,8H2,1H3. The van der Waals surface area contributed by atoms with Crippen molar-refractivity contribution in [3.63, 3.8) is 0 Å². The Hall–Kier alpha value is -1.65. The van der Waals surface area contributed by atoms with Crippen molar-refractivity contribution >= 4 is 11.6 Å². The van der Waals surface area contributed by atoms with Crippen LogP contribution in [0.1, 0.15) is 11.3 Å². The molecule has 0 radical (unpaired) electrons. The number of methoxy groups -OCH3 is 1. The van der Waals surface area contributed by atoms with Crippen molar-refractivity contribution in [1.82, 2.24) is 9.97 Å². The van der Waals surface area contributed by atoms with Crippen molar-refractivity contribution in [2.45, 2.75) is 13.0 Å². The molecule has 1 aliphatic heterocycles. The van der Waals surface area contributed by atoms with Gasteiger partial charge in [0.2, 0.25) is 0 Å². The molecule has 19 heavy (non-hydrogen) atoms. The molecule has 1 aromatic carbocycles. The maximum Gasteiger partial charge on any atom is 0.161 e. The van der Waals surface area contributed by atoms with E-state index in [0.29, 0.717) is 17.6 Å². The van der Waals surface area contributed by atoms with Crippen LogP contribution < -0.4 is 4.74 Å². The number of nitrogens with zero attached hydrogens (tertiary/aromatic N) is 2. The molecule has 2 aromatic rings. The van der Waals surface area contributed by atoms with Crippen LogP contribution in [0.5, 0.6) is 5.75 Å². The van der Waals surface area contributed by atoms with Crippen LogP contribution in [0.25, 0.3) is 11.4 Å². The van der Waals surface area contributed by atoms with Crippen molar-refractivity contribution in [2.75, 3.05) is 13.7 Å². The molecule has 0 fully saturated rings. The van der Waals surface area contributed by atoms with Crippen LogP contribution in [0.3, 0.4) is 0 Å². The Balaban J connectivity index is 2.01. The van der Waals surface area contributed by atoms with Gasteiger partial charge in [-0.3, -0.25) is 0 Å². The predicted molar refractivity (Wildman–Crippen MR) is 72.4 cm³/mol. The minimum atomic E-state index is 0.420. The van der Waals surface area contributed by atoms with Gasteiger partial charge in [0.1, 0.15) is 10.9 Å². The Labute approximate surface area is 116 Å². The number of rotatable bonds is 3. The smallest absolute Gasteiger partial charge is 0.161 e. The van der Waals surface area contributed by atoms with E-state index in [1.165, 1.54) is 5.56 Å². The number of fused-ring (bicyclic) bond motifs is 1. The van der Waals surface area contributed by atoms with Gasteiger partial charge in [-0.2, -0.15) is 0 Å². The quantitative estimate of drug-likeness (QED) is 0.809. The molecule has 0 saturated carbocycles. The third-order valence-electron chi connectivity index (χ3n) is 2.99. The molecule has 0 saturated heterocycles. The van der Waals surface area contributed by atoms with Crippen LogP contribution in [0.15, 0.2) is 24.3 Å². The van der Waals surface area contributed by atoms with Crippen molar-refractivity contribution in [2.24, 2.45) is 0 Å². The first-order valence-corrected chi connectivity index (χ1v) is 6.42. The van der Waals surface area contributed by atoms with Gasteiger partial charge in [-0.15, -0.1) is 0 Å². The molecular formula is C14H13ClN2O2. The Morgan fingerprint density at radius 1 is 1.32 bits per heavy atom. The van der Waals surface area contributed by atoms with E-state index in [2.05, 4.69) is 16.0 Å². The highest BCUT2D eigenvalue weighted by molar-refractivity contribution is 6.29. The average molecular weight is 277 g/mol. The van der Waals surface area contributed by atoms with Crippen molar-refractivity contribution in [3.05, 3.63) is 40.7 Å². The fourth-order valence-electron chi connectivity index (χ4n) is 2.14. The highest BCUT2D eigenvalue weighted by atomic mass is 35.5. The number of aromatic nitrogens is 2. The number of benzene rings is 1. The van der Waals surface area contributed by atoms with E-state index >= 15 is 0 Å². The molecule has 0 amide bonds. The molecule has 2 heterocycles. The molecule has 0 spiro atoms. The second kappa shape index (κ2) is 5.15. The fraction of sp³-hybridized carbons (Fsp3) is 0.286. The molecule has 1 aromatic heterocycles. The second-order valence-corrected chi connectivity index (χ2v) is 4.75. The van der Waals surface area contributed by atoms with Gasteiger partial charge in [0.25, 0.3) is 0 Å². The van der Waals surface area contributed by atoms with E-state index in [1.807, 2.05) is 12.1 Å². The lowest BCUT2D eigenvalue weighted by atomic mass is 10.1.